The number of esters is 1. The van der Waals surface area contributed by atoms with E-state index in [4.69, 9.17) is 9.84 Å². The number of carbonyl (C=O) groups is 4. The maximum absolute atomic E-state index is 12.4. The zero-order valence-electron chi connectivity index (χ0n) is 17.5. The van der Waals surface area contributed by atoms with Crippen molar-refractivity contribution in [3.63, 3.8) is 0 Å². The van der Waals surface area contributed by atoms with Crippen molar-refractivity contribution in [1.82, 2.24) is 10.6 Å². The van der Waals surface area contributed by atoms with E-state index in [1.54, 1.807) is 0 Å². The summed E-state index contributed by atoms with van der Waals surface area (Å²) in [5.41, 5.74) is 4.25. The Morgan fingerprint density at radius 2 is 1.59 bits per heavy atom. The molecule has 3 N–H and O–H groups in total. The van der Waals surface area contributed by atoms with Crippen LogP contribution in [-0.4, -0.2) is 55.3 Å². The average Bonchev–Trinajstić information content (AvgIpc) is 3.12. The molecular weight excluding hydrogens is 416 g/mol. The molecule has 9 heteroatoms. The summed E-state index contributed by atoms with van der Waals surface area (Å²) in [7, 11) is 1.17. The summed E-state index contributed by atoms with van der Waals surface area (Å²) in [5, 5.41) is 13.6. The highest BCUT2D eigenvalue weighted by Crippen LogP contribution is 2.44. The Bertz CT molecular complexity index is 975. The number of nitrogens with one attached hydrogen (secondary N) is 2. The smallest absolute Gasteiger partial charge is 0.407 e. The van der Waals surface area contributed by atoms with Crippen molar-refractivity contribution < 1.29 is 33.8 Å². The van der Waals surface area contributed by atoms with Crippen LogP contribution in [0, 0.1) is 0 Å². The zero-order valence-corrected chi connectivity index (χ0v) is 17.5. The van der Waals surface area contributed by atoms with Crippen molar-refractivity contribution in [2.45, 2.75) is 24.8 Å². The van der Waals surface area contributed by atoms with E-state index in [0.29, 0.717) is 0 Å². The summed E-state index contributed by atoms with van der Waals surface area (Å²) in [6, 6.07) is 14.6. The van der Waals surface area contributed by atoms with E-state index in [1.165, 1.54) is 7.11 Å². The molecular formula is C23H24N2O7. The predicted molar refractivity (Wildman–Crippen MR) is 114 cm³/mol. The van der Waals surface area contributed by atoms with Gasteiger partial charge in [0, 0.05) is 12.3 Å². The standard InChI is InChI=1S/C23H24N2O7/c1-31-21(28)12-24-22(29)19(10-11-20(26)27)25-23(30)32-13-18-16-8-4-2-6-14(16)15-7-3-5-9-17(15)18/h2-9,18-19H,10-13H2,1H3,(H,24,29)(H,25,30)(H,26,27). The van der Waals surface area contributed by atoms with Crippen LogP contribution in [0.2, 0.25) is 0 Å². The summed E-state index contributed by atoms with van der Waals surface area (Å²) in [6.45, 7) is -0.347. The minimum absolute atomic E-state index is 0.0509. The van der Waals surface area contributed by atoms with Gasteiger partial charge in [-0.25, -0.2) is 4.79 Å². The van der Waals surface area contributed by atoms with Crippen LogP contribution in [0.25, 0.3) is 11.1 Å². The summed E-state index contributed by atoms with van der Waals surface area (Å²) in [4.78, 5) is 46.9. The fourth-order valence-corrected chi connectivity index (χ4v) is 3.67. The van der Waals surface area contributed by atoms with Gasteiger partial charge < -0.3 is 25.2 Å². The Labute approximate surface area is 184 Å². The Hall–Kier alpha value is -3.88. The van der Waals surface area contributed by atoms with Crippen LogP contribution in [0.3, 0.4) is 0 Å². The molecule has 0 saturated heterocycles. The molecule has 0 heterocycles. The molecule has 0 fully saturated rings. The van der Waals surface area contributed by atoms with Crippen LogP contribution in [0.5, 0.6) is 0 Å². The Balaban J connectivity index is 1.64. The maximum atomic E-state index is 12.4. The SMILES string of the molecule is COC(=O)CNC(=O)C(CCC(=O)O)NC(=O)OCC1c2ccccc2-c2ccccc21. The third kappa shape index (κ3) is 5.42. The predicted octanol–water partition coefficient (Wildman–Crippen LogP) is 2.05. The van der Waals surface area contributed by atoms with Gasteiger partial charge in [-0.3, -0.25) is 14.4 Å². The normalized spacial score (nSPS) is 12.8. The average molecular weight is 440 g/mol. The molecule has 2 aromatic rings. The van der Waals surface area contributed by atoms with E-state index in [9.17, 15) is 19.2 Å². The number of methoxy groups -OCH3 is 1. The van der Waals surface area contributed by atoms with Gasteiger partial charge in [-0.15, -0.1) is 0 Å². The van der Waals surface area contributed by atoms with E-state index in [2.05, 4.69) is 15.4 Å². The molecule has 1 aliphatic rings. The van der Waals surface area contributed by atoms with Crippen LogP contribution in [0.1, 0.15) is 29.9 Å². The van der Waals surface area contributed by atoms with E-state index in [1.807, 2.05) is 48.5 Å². The third-order valence-corrected chi connectivity index (χ3v) is 5.23. The first-order chi connectivity index (χ1) is 15.4. The number of fused-ring (bicyclic) bond motifs is 3. The van der Waals surface area contributed by atoms with E-state index in [-0.39, 0.29) is 25.4 Å². The van der Waals surface area contributed by atoms with Crippen LogP contribution in [0.4, 0.5) is 4.79 Å². The second-order valence-electron chi connectivity index (χ2n) is 7.25. The molecule has 1 atom stereocenters. The molecule has 0 saturated carbocycles. The number of ether oxygens (including phenoxy) is 2. The highest BCUT2D eigenvalue weighted by Gasteiger charge is 2.30. The zero-order chi connectivity index (χ0) is 23.1. The molecule has 2 amide bonds. The van der Waals surface area contributed by atoms with Gasteiger partial charge in [-0.2, -0.15) is 0 Å². The van der Waals surface area contributed by atoms with Gasteiger partial charge in [-0.05, 0) is 28.7 Å². The van der Waals surface area contributed by atoms with Crippen molar-refractivity contribution in [2.75, 3.05) is 20.3 Å². The molecule has 2 aromatic carbocycles. The van der Waals surface area contributed by atoms with Gasteiger partial charge in [-0.1, -0.05) is 48.5 Å². The lowest BCUT2D eigenvalue weighted by Gasteiger charge is -2.19. The summed E-state index contributed by atoms with van der Waals surface area (Å²) in [5.74, 6) is -2.65. The number of carboxylic acids is 1. The van der Waals surface area contributed by atoms with Gasteiger partial charge >= 0.3 is 18.0 Å². The number of amides is 2. The summed E-state index contributed by atoms with van der Waals surface area (Å²) >= 11 is 0. The molecule has 1 unspecified atom stereocenters. The van der Waals surface area contributed by atoms with Crippen LogP contribution in [-0.2, 0) is 23.9 Å². The summed E-state index contributed by atoms with van der Waals surface area (Å²) < 4.78 is 9.86. The molecule has 0 spiro atoms. The number of benzene rings is 2. The minimum atomic E-state index is -1.17. The molecule has 0 aromatic heterocycles. The van der Waals surface area contributed by atoms with Crippen molar-refractivity contribution >= 4 is 23.9 Å². The number of rotatable bonds is 9. The van der Waals surface area contributed by atoms with E-state index in [0.717, 1.165) is 22.3 Å². The van der Waals surface area contributed by atoms with Gasteiger partial charge in [0.1, 0.15) is 19.2 Å². The highest BCUT2D eigenvalue weighted by molar-refractivity contribution is 5.88. The molecule has 0 aliphatic heterocycles. The topological polar surface area (TPSA) is 131 Å². The van der Waals surface area contributed by atoms with Crippen LogP contribution < -0.4 is 10.6 Å². The lowest BCUT2D eigenvalue weighted by atomic mass is 9.98. The van der Waals surface area contributed by atoms with Crippen molar-refractivity contribution in [1.29, 1.82) is 0 Å². The van der Waals surface area contributed by atoms with Gasteiger partial charge in [0.15, 0.2) is 0 Å². The molecule has 168 valence electrons. The van der Waals surface area contributed by atoms with Gasteiger partial charge in [0.2, 0.25) is 5.91 Å². The lowest BCUT2D eigenvalue weighted by molar-refractivity contribution is -0.141. The number of aliphatic carboxylic acids is 1. The highest BCUT2D eigenvalue weighted by atomic mass is 16.5. The van der Waals surface area contributed by atoms with Crippen molar-refractivity contribution in [3.05, 3.63) is 59.7 Å². The molecule has 0 bridgehead atoms. The fraction of sp³-hybridized carbons (Fsp3) is 0.304. The second kappa shape index (κ2) is 10.4. The number of hydrogen-bond acceptors (Lipinski definition) is 6. The molecule has 32 heavy (non-hydrogen) atoms. The van der Waals surface area contributed by atoms with E-state index < -0.39 is 36.5 Å². The first kappa shape index (κ1) is 22.8. The third-order valence-electron chi connectivity index (χ3n) is 5.23. The minimum Gasteiger partial charge on any atom is -0.481 e. The summed E-state index contributed by atoms with van der Waals surface area (Å²) in [6.07, 6.45) is -1.36. The Morgan fingerprint density at radius 3 is 2.16 bits per heavy atom. The van der Waals surface area contributed by atoms with Crippen LogP contribution in [0.15, 0.2) is 48.5 Å². The number of alkyl carbamates (subject to hydrolysis) is 1. The molecule has 3 rings (SSSR count). The number of carbonyl (C=O) groups excluding carboxylic acids is 3. The lowest BCUT2D eigenvalue weighted by Crippen LogP contribution is -2.48. The Morgan fingerprint density at radius 1 is 1.00 bits per heavy atom. The van der Waals surface area contributed by atoms with Crippen molar-refractivity contribution in [3.8, 4) is 11.1 Å². The molecule has 9 nitrogen and oxygen atoms in total. The van der Waals surface area contributed by atoms with E-state index >= 15 is 0 Å². The number of carboxylic acid groups (broad SMARTS) is 1. The second-order valence-corrected chi connectivity index (χ2v) is 7.25. The van der Waals surface area contributed by atoms with Crippen LogP contribution >= 0.6 is 0 Å². The fourth-order valence-electron chi connectivity index (χ4n) is 3.67. The monoisotopic (exact) mass is 440 g/mol. The quantitative estimate of drug-likeness (QED) is 0.509. The molecule has 0 radical (unpaired) electrons. The largest absolute Gasteiger partial charge is 0.481 e. The maximum Gasteiger partial charge on any atom is 0.407 e. The van der Waals surface area contributed by atoms with Gasteiger partial charge in [0.05, 0.1) is 7.11 Å². The van der Waals surface area contributed by atoms with Gasteiger partial charge in [0.25, 0.3) is 0 Å². The Kier molecular flexibility index (Phi) is 7.43. The first-order valence-corrected chi connectivity index (χ1v) is 10.1. The first-order valence-electron chi connectivity index (χ1n) is 10.1. The molecule has 1 aliphatic carbocycles. The van der Waals surface area contributed by atoms with Crippen molar-refractivity contribution in [2.24, 2.45) is 0 Å². The number of hydrogen-bond donors (Lipinski definition) is 3.